The average Bonchev–Trinajstić information content (AvgIpc) is 2.31. The Bertz CT molecular complexity index is 605. The van der Waals surface area contributed by atoms with Gasteiger partial charge in [0.15, 0.2) is 5.82 Å². The molecule has 0 saturated carbocycles. The fourth-order valence-electron chi connectivity index (χ4n) is 2.06. The van der Waals surface area contributed by atoms with Crippen molar-refractivity contribution in [2.24, 2.45) is 0 Å². The van der Waals surface area contributed by atoms with E-state index in [1.54, 1.807) is 0 Å². The summed E-state index contributed by atoms with van der Waals surface area (Å²) < 4.78 is 0. The van der Waals surface area contributed by atoms with E-state index in [1.807, 2.05) is 18.9 Å². The SMILES string of the molecule is Cc1cc(C)cc(N(C)c2nc(Cl)nc(C)c2N)c1. The summed E-state index contributed by atoms with van der Waals surface area (Å²) >= 11 is 5.91. The number of nitrogens with two attached hydrogens (primary N) is 1. The minimum absolute atomic E-state index is 0.206. The number of halogens is 1. The number of nitrogen functional groups attached to an aromatic ring is 1. The van der Waals surface area contributed by atoms with E-state index in [9.17, 15) is 0 Å². The molecule has 2 N–H and O–H groups in total. The van der Waals surface area contributed by atoms with Gasteiger partial charge in [-0.1, -0.05) is 6.07 Å². The van der Waals surface area contributed by atoms with Crippen LogP contribution in [0.25, 0.3) is 0 Å². The molecular formula is C14H17ClN4. The van der Waals surface area contributed by atoms with Crippen LogP contribution in [0.4, 0.5) is 17.2 Å². The van der Waals surface area contributed by atoms with Crippen LogP contribution < -0.4 is 10.6 Å². The quantitative estimate of drug-likeness (QED) is 0.854. The van der Waals surface area contributed by atoms with Gasteiger partial charge in [0.25, 0.3) is 0 Å². The maximum absolute atomic E-state index is 6.04. The molecule has 1 aromatic carbocycles. The number of anilines is 3. The fraction of sp³-hybridized carbons (Fsp3) is 0.286. The summed E-state index contributed by atoms with van der Waals surface area (Å²) in [6.07, 6.45) is 0. The topological polar surface area (TPSA) is 55.0 Å². The third kappa shape index (κ3) is 2.79. The Morgan fingerprint density at radius 1 is 1.05 bits per heavy atom. The lowest BCUT2D eigenvalue weighted by Crippen LogP contribution is -2.15. The van der Waals surface area contributed by atoms with E-state index in [2.05, 4.69) is 42.0 Å². The Morgan fingerprint density at radius 2 is 1.63 bits per heavy atom. The lowest BCUT2D eigenvalue weighted by atomic mass is 10.1. The summed E-state index contributed by atoms with van der Waals surface area (Å²) in [5, 5.41) is 0.206. The highest BCUT2D eigenvalue weighted by molar-refractivity contribution is 6.28. The Kier molecular flexibility index (Phi) is 3.62. The molecule has 5 heteroatoms. The molecule has 0 fully saturated rings. The number of hydrogen-bond donors (Lipinski definition) is 1. The second-order valence-corrected chi connectivity index (χ2v) is 5.06. The molecule has 100 valence electrons. The Hall–Kier alpha value is -1.81. The first-order chi connectivity index (χ1) is 8.88. The lowest BCUT2D eigenvalue weighted by Gasteiger charge is -2.21. The predicted molar refractivity (Wildman–Crippen MR) is 80.2 cm³/mol. The van der Waals surface area contributed by atoms with Crippen molar-refractivity contribution in [3.05, 3.63) is 40.3 Å². The van der Waals surface area contributed by atoms with Gasteiger partial charge in [-0.15, -0.1) is 0 Å². The zero-order valence-corrected chi connectivity index (χ0v) is 12.3. The van der Waals surface area contributed by atoms with Gasteiger partial charge in [0, 0.05) is 12.7 Å². The highest BCUT2D eigenvalue weighted by Crippen LogP contribution is 2.30. The van der Waals surface area contributed by atoms with Crippen molar-refractivity contribution in [1.29, 1.82) is 0 Å². The van der Waals surface area contributed by atoms with Gasteiger partial charge in [-0.25, -0.2) is 4.98 Å². The van der Waals surface area contributed by atoms with Crippen molar-refractivity contribution < 1.29 is 0 Å². The summed E-state index contributed by atoms with van der Waals surface area (Å²) in [7, 11) is 1.92. The van der Waals surface area contributed by atoms with Crippen LogP contribution in [-0.4, -0.2) is 17.0 Å². The summed E-state index contributed by atoms with van der Waals surface area (Å²) in [6.45, 7) is 5.94. The van der Waals surface area contributed by atoms with E-state index in [0.717, 1.165) is 5.69 Å². The number of aryl methyl sites for hydroxylation is 3. The van der Waals surface area contributed by atoms with Crippen LogP contribution in [0.15, 0.2) is 18.2 Å². The number of aromatic nitrogens is 2. The van der Waals surface area contributed by atoms with Crippen molar-refractivity contribution in [3.8, 4) is 0 Å². The van der Waals surface area contributed by atoms with Crippen LogP contribution in [0.1, 0.15) is 16.8 Å². The van der Waals surface area contributed by atoms with Crippen LogP contribution in [-0.2, 0) is 0 Å². The number of hydrogen-bond acceptors (Lipinski definition) is 4. The first-order valence-corrected chi connectivity index (χ1v) is 6.38. The normalized spacial score (nSPS) is 10.6. The Morgan fingerprint density at radius 3 is 2.21 bits per heavy atom. The molecule has 4 nitrogen and oxygen atoms in total. The number of nitrogens with zero attached hydrogens (tertiary/aromatic N) is 3. The predicted octanol–water partition coefficient (Wildman–Crippen LogP) is 3.41. The molecule has 0 aliphatic heterocycles. The van der Waals surface area contributed by atoms with Gasteiger partial charge in [-0.05, 0) is 55.6 Å². The molecule has 0 amide bonds. The fourth-order valence-corrected chi connectivity index (χ4v) is 2.26. The molecule has 2 rings (SSSR count). The number of benzene rings is 1. The molecule has 0 spiro atoms. The van der Waals surface area contributed by atoms with Gasteiger partial charge < -0.3 is 10.6 Å². The average molecular weight is 277 g/mol. The maximum Gasteiger partial charge on any atom is 0.224 e. The molecule has 0 radical (unpaired) electrons. The van der Waals surface area contributed by atoms with E-state index >= 15 is 0 Å². The highest BCUT2D eigenvalue weighted by Gasteiger charge is 2.14. The van der Waals surface area contributed by atoms with E-state index < -0.39 is 0 Å². The minimum Gasteiger partial charge on any atom is -0.394 e. The summed E-state index contributed by atoms with van der Waals surface area (Å²) in [5.41, 5.74) is 10.7. The molecule has 0 aliphatic carbocycles. The number of rotatable bonds is 2. The van der Waals surface area contributed by atoms with Crippen molar-refractivity contribution in [3.63, 3.8) is 0 Å². The molecule has 1 aromatic heterocycles. The monoisotopic (exact) mass is 276 g/mol. The highest BCUT2D eigenvalue weighted by atomic mass is 35.5. The third-order valence-electron chi connectivity index (χ3n) is 3.00. The second-order valence-electron chi connectivity index (χ2n) is 4.72. The van der Waals surface area contributed by atoms with Crippen LogP contribution >= 0.6 is 11.6 Å². The molecule has 0 saturated heterocycles. The van der Waals surface area contributed by atoms with Gasteiger partial charge in [-0.3, -0.25) is 0 Å². The van der Waals surface area contributed by atoms with Gasteiger partial charge in [-0.2, -0.15) is 4.98 Å². The second kappa shape index (κ2) is 5.05. The summed E-state index contributed by atoms with van der Waals surface area (Å²) in [6, 6.07) is 6.29. The minimum atomic E-state index is 0.206. The van der Waals surface area contributed by atoms with Crippen LogP contribution in [0.2, 0.25) is 5.28 Å². The smallest absolute Gasteiger partial charge is 0.224 e. The zero-order valence-electron chi connectivity index (χ0n) is 11.5. The summed E-state index contributed by atoms with van der Waals surface area (Å²) in [5.74, 6) is 0.627. The zero-order chi connectivity index (χ0) is 14.2. The first kappa shape index (κ1) is 13.6. The van der Waals surface area contributed by atoms with Gasteiger partial charge in [0.05, 0.1) is 11.4 Å². The molecule has 0 unspecified atom stereocenters. The standard InChI is InChI=1S/C14H17ClN4/c1-8-5-9(2)7-11(6-8)19(4)13-12(16)10(3)17-14(15)18-13/h5-7H,16H2,1-4H3. The van der Waals surface area contributed by atoms with Gasteiger partial charge >= 0.3 is 0 Å². The van der Waals surface area contributed by atoms with Crippen molar-refractivity contribution in [2.75, 3.05) is 17.7 Å². The molecule has 19 heavy (non-hydrogen) atoms. The van der Waals surface area contributed by atoms with Gasteiger partial charge in [0.2, 0.25) is 5.28 Å². The van der Waals surface area contributed by atoms with E-state index in [0.29, 0.717) is 17.2 Å². The van der Waals surface area contributed by atoms with Gasteiger partial charge in [0.1, 0.15) is 0 Å². The first-order valence-electron chi connectivity index (χ1n) is 6.00. The molecule has 2 aromatic rings. The maximum atomic E-state index is 6.04. The Balaban J connectivity index is 2.52. The summed E-state index contributed by atoms with van der Waals surface area (Å²) in [4.78, 5) is 10.2. The van der Waals surface area contributed by atoms with E-state index in [-0.39, 0.29) is 5.28 Å². The van der Waals surface area contributed by atoms with Crippen LogP contribution in [0.5, 0.6) is 0 Å². The molecule has 0 aliphatic rings. The third-order valence-corrected chi connectivity index (χ3v) is 3.17. The lowest BCUT2D eigenvalue weighted by molar-refractivity contribution is 1.05. The van der Waals surface area contributed by atoms with E-state index in [1.165, 1.54) is 11.1 Å². The molecule has 0 atom stereocenters. The van der Waals surface area contributed by atoms with Crippen molar-refractivity contribution in [1.82, 2.24) is 9.97 Å². The van der Waals surface area contributed by atoms with Crippen molar-refractivity contribution >= 4 is 28.8 Å². The molecule has 0 bridgehead atoms. The largest absolute Gasteiger partial charge is 0.394 e. The molecular weight excluding hydrogens is 260 g/mol. The van der Waals surface area contributed by atoms with E-state index in [4.69, 9.17) is 17.3 Å². The molecule has 1 heterocycles. The van der Waals surface area contributed by atoms with Crippen LogP contribution in [0, 0.1) is 20.8 Å². The Labute approximate surface area is 118 Å². The van der Waals surface area contributed by atoms with Crippen molar-refractivity contribution in [2.45, 2.75) is 20.8 Å². The van der Waals surface area contributed by atoms with Crippen LogP contribution in [0.3, 0.4) is 0 Å².